The van der Waals surface area contributed by atoms with E-state index in [9.17, 15) is 31.1 Å². The van der Waals surface area contributed by atoms with Crippen LogP contribution in [0, 0.1) is 0 Å². The third-order valence-corrected chi connectivity index (χ3v) is 3.95. The van der Waals surface area contributed by atoms with Gasteiger partial charge in [0.1, 0.15) is 18.3 Å². The van der Waals surface area contributed by atoms with Crippen molar-refractivity contribution in [2.45, 2.75) is 25.3 Å². The maximum Gasteiger partial charge on any atom is 0.416 e. The molecule has 13 heteroatoms. The maximum atomic E-state index is 13.0. The number of rotatable bonds is 4. The van der Waals surface area contributed by atoms with Crippen LogP contribution in [-0.4, -0.2) is 30.6 Å². The summed E-state index contributed by atoms with van der Waals surface area (Å²) in [5.74, 6) is -0.961. The molecule has 0 saturated heterocycles. The Morgan fingerprint density at radius 2 is 1.60 bits per heavy atom. The average Bonchev–Trinajstić information content (AvgIpc) is 3.21. The minimum Gasteiger partial charge on any atom is -0.344 e. The van der Waals surface area contributed by atoms with Crippen LogP contribution >= 0.6 is 0 Å². The summed E-state index contributed by atoms with van der Waals surface area (Å²) in [7, 11) is 0. The lowest BCUT2D eigenvalue weighted by molar-refractivity contribution is -0.143. The van der Waals surface area contributed by atoms with Crippen molar-refractivity contribution in [3.63, 3.8) is 0 Å². The number of carbonyl (C=O) groups excluding carboxylic acids is 1. The van der Waals surface area contributed by atoms with Crippen molar-refractivity contribution < 1.29 is 31.1 Å². The molecule has 3 rings (SSSR count). The van der Waals surface area contributed by atoms with Crippen LogP contribution in [0.5, 0.6) is 0 Å². The number of carbonyl (C=O) groups is 1. The molecule has 0 aliphatic carbocycles. The Balaban J connectivity index is 1.93. The van der Waals surface area contributed by atoms with Gasteiger partial charge in [-0.1, -0.05) is 0 Å². The third kappa shape index (κ3) is 4.55. The molecule has 1 N–H and O–H groups in total. The topological polar surface area (TPSA) is 85.6 Å². The van der Waals surface area contributed by atoms with Gasteiger partial charge in [-0.25, -0.2) is 14.6 Å². The molecule has 30 heavy (non-hydrogen) atoms. The summed E-state index contributed by atoms with van der Waals surface area (Å²) in [5.41, 5.74) is -3.79. The molecule has 0 bridgehead atoms. The summed E-state index contributed by atoms with van der Waals surface area (Å²) >= 11 is 0. The van der Waals surface area contributed by atoms with Gasteiger partial charge >= 0.3 is 12.4 Å². The van der Waals surface area contributed by atoms with Crippen LogP contribution in [0.4, 0.5) is 26.3 Å². The minimum absolute atomic E-state index is 0.0499. The molecule has 1 unspecified atom stereocenters. The normalized spacial score (nSPS) is 13.2. The highest BCUT2D eigenvalue weighted by atomic mass is 19.4. The summed E-state index contributed by atoms with van der Waals surface area (Å²) in [6.45, 7) is 1.45. The van der Waals surface area contributed by atoms with Gasteiger partial charge in [0.25, 0.3) is 5.91 Å². The van der Waals surface area contributed by atoms with Gasteiger partial charge in [0.15, 0.2) is 5.82 Å². The number of hydrogen-bond donors (Lipinski definition) is 1. The first-order valence-electron chi connectivity index (χ1n) is 8.23. The SMILES string of the molecule is CC(NC(=O)c1cc(C(F)(F)F)cc(C(F)(F)F)c1)c1nccnc1-n1cncn1. The molecule has 1 aromatic carbocycles. The van der Waals surface area contributed by atoms with Crippen LogP contribution in [0.2, 0.25) is 0 Å². The zero-order valence-corrected chi connectivity index (χ0v) is 15.0. The molecular formula is C17H12F6N6O. The highest BCUT2D eigenvalue weighted by Crippen LogP contribution is 2.36. The quantitative estimate of drug-likeness (QED) is 0.640. The Hall–Kier alpha value is -3.51. The van der Waals surface area contributed by atoms with Gasteiger partial charge in [-0.2, -0.15) is 31.4 Å². The van der Waals surface area contributed by atoms with Gasteiger partial charge in [-0.05, 0) is 25.1 Å². The first-order valence-corrected chi connectivity index (χ1v) is 8.23. The fourth-order valence-electron chi connectivity index (χ4n) is 2.58. The van der Waals surface area contributed by atoms with Crippen molar-refractivity contribution in [3.05, 3.63) is 65.6 Å². The molecule has 0 aliphatic rings. The molecule has 1 amide bonds. The van der Waals surface area contributed by atoms with Crippen molar-refractivity contribution in [2.75, 3.05) is 0 Å². The average molecular weight is 430 g/mol. The standard InChI is InChI=1S/C17H12F6N6O/c1-9(13-14(26-3-2-25-13)29-8-24-7-27-29)28-15(30)10-4-11(16(18,19)20)6-12(5-10)17(21,22)23/h2-9H,1H3,(H,28,30). The number of nitrogens with one attached hydrogen (secondary N) is 1. The first-order chi connectivity index (χ1) is 14.0. The second kappa shape index (κ2) is 7.72. The fourth-order valence-corrected chi connectivity index (χ4v) is 2.58. The van der Waals surface area contributed by atoms with Gasteiger partial charge in [-0.3, -0.25) is 9.78 Å². The van der Waals surface area contributed by atoms with E-state index in [1.54, 1.807) is 0 Å². The van der Waals surface area contributed by atoms with Crippen LogP contribution < -0.4 is 5.32 Å². The van der Waals surface area contributed by atoms with E-state index in [1.807, 2.05) is 0 Å². The molecule has 0 saturated carbocycles. The fraction of sp³-hybridized carbons (Fsp3) is 0.235. The second-order valence-corrected chi connectivity index (χ2v) is 6.09. The highest BCUT2D eigenvalue weighted by molar-refractivity contribution is 5.95. The van der Waals surface area contributed by atoms with E-state index < -0.39 is 41.0 Å². The number of halogens is 6. The molecule has 2 heterocycles. The van der Waals surface area contributed by atoms with E-state index in [0.29, 0.717) is 12.1 Å². The summed E-state index contributed by atoms with van der Waals surface area (Å²) < 4.78 is 79.3. The number of aromatic nitrogens is 5. The monoisotopic (exact) mass is 430 g/mol. The highest BCUT2D eigenvalue weighted by Gasteiger charge is 2.37. The Morgan fingerprint density at radius 3 is 2.13 bits per heavy atom. The smallest absolute Gasteiger partial charge is 0.344 e. The molecule has 0 spiro atoms. The Labute approximate surface area is 164 Å². The summed E-state index contributed by atoms with van der Waals surface area (Å²) in [6.07, 6.45) is -4.93. The maximum absolute atomic E-state index is 13.0. The van der Waals surface area contributed by atoms with Crippen LogP contribution in [0.3, 0.4) is 0 Å². The third-order valence-electron chi connectivity index (χ3n) is 3.95. The minimum atomic E-state index is -5.06. The largest absolute Gasteiger partial charge is 0.416 e. The Morgan fingerprint density at radius 1 is 1.00 bits per heavy atom. The molecule has 158 valence electrons. The molecule has 7 nitrogen and oxygen atoms in total. The van der Waals surface area contributed by atoms with Crippen LogP contribution in [0.1, 0.15) is 40.1 Å². The predicted octanol–water partition coefficient (Wildman–Crippen LogP) is 3.59. The summed E-state index contributed by atoms with van der Waals surface area (Å²) in [5, 5.41) is 6.22. The van der Waals surface area contributed by atoms with E-state index in [0.717, 1.165) is 0 Å². The number of hydrogen-bond acceptors (Lipinski definition) is 5. The Kier molecular flexibility index (Phi) is 5.46. The summed E-state index contributed by atoms with van der Waals surface area (Å²) in [6, 6.07) is -0.265. The van der Waals surface area contributed by atoms with E-state index in [2.05, 4.69) is 25.4 Å². The Bertz CT molecular complexity index is 1020. The van der Waals surface area contributed by atoms with E-state index in [4.69, 9.17) is 0 Å². The van der Waals surface area contributed by atoms with Gasteiger partial charge in [-0.15, -0.1) is 0 Å². The number of alkyl halides is 6. The van der Waals surface area contributed by atoms with Crippen molar-refractivity contribution >= 4 is 5.91 Å². The second-order valence-electron chi connectivity index (χ2n) is 6.09. The molecule has 0 aliphatic heterocycles. The van der Waals surface area contributed by atoms with Crippen LogP contribution in [0.15, 0.2) is 43.2 Å². The van der Waals surface area contributed by atoms with E-state index >= 15 is 0 Å². The van der Waals surface area contributed by atoms with Crippen molar-refractivity contribution in [3.8, 4) is 5.82 Å². The summed E-state index contributed by atoms with van der Waals surface area (Å²) in [4.78, 5) is 24.3. The molecular weight excluding hydrogens is 418 g/mol. The van der Waals surface area contributed by atoms with Crippen LogP contribution in [0.25, 0.3) is 5.82 Å². The number of nitrogens with zero attached hydrogens (tertiary/aromatic N) is 5. The predicted molar refractivity (Wildman–Crippen MR) is 89.3 cm³/mol. The lowest BCUT2D eigenvalue weighted by Gasteiger charge is -2.17. The van der Waals surface area contributed by atoms with E-state index in [1.165, 1.54) is 36.7 Å². The number of benzene rings is 1. The van der Waals surface area contributed by atoms with Crippen molar-refractivity contribution in [2.24, 2.45) is 0 Å². The molecule has 3 aromatic rings. The van der Waals surface area contributed by atoms with Crippen molar-refractivity contribution in [1.82, 2.24) is 30.0 Å². The molecule has 0 radical (unpaired) electrons. The zero-order valence-electron chi connectivity index (χ0n) is 15.0. The molecule has 2 aromatic heterocycles. The van der Waals surface area contributed by atoms with Gasteiger partial charge in [0.05, 0.1) is 17.2 Å². The first kappa shape index (κ1) is 21.2. The van der Waals surface area contributed by atoms with Gasteiger partial charge in [0, 0.05) is 18.0 Å². The molecule has 0 fully saturated rings. The molecule has 1 atom stereocenters. The zero-order chi connectivity index (χ0) is 22.1. The lowest BCUT2D eigenvalue weighted by Crippen LogP contribution is -2.29. The van der Waals surface area contributed by atoms with Gasteiger partial charge in [0.2, 0.25) is 0 Å². The van der Waals surface area contributed by atoms with E-state index in [-0.39, 0.29) is 17.6 Å². The van der Waals surface area contributed by atoms with Crippen molar-refractivity contribution in [1.29, 1.82) is 0 Å². The number of amides is 1. The lowest BCUT2D eigenvalue weighted by atomic mass is 10.0. The van der Waals surface area contributed by atoms with Crippen LogP contribution in [-0.2, 0) is 12.4 Å². The van der Waals surface area contributed by atoms with Gasteiger partial charge < -0.3 is 5.32 Å².